The van der Waals surface area contributed by atoms with Gasteiger partial charge in [0.25, 0.3) is 0 Å². The normalized spacial score (nSPS) is 15.1. The van der Waals surface area contributed by atoms with Crippen LogP contribution in [0.1, 0.15) is 30.8 Å². The summed E-state index contributed by atoms with van der Waals surface area (Å²) < 4.78 is 5.98. The standard InChI is InChI=1S/C19H15N3O/c1-10-21-9-14-18(22-10)15-13(23-14)7-6-11-16(15)19(2,3)12-5-4-8-20-17(11)12/h4-9H,1-3H3. The molecule has 1 aliphatic rings. The third kappa shape index (κ3) is 1.48. The van der Waals surface area contributed by atoms with Crippen LogP contribution in [0.25, 0.3) is 33.3 Å². The number of furan rings is 1. The number of aryl methyl sites for hydroxylation is 1. The van der Waals surface area contributed by atoms with Gasteiger partial charge in [0.05, 0.1) is 17.3 Å². The summed E-state index contributed by atoms with van der Waals surface area (Å²) in [6.07, 6.45) is 3.62. The van der Waals surface area contributed by atoms with Gasteiger partial charge < -0.3 is 4.42 Å². The first kappa shape index (κ1) is 12.8. The fourth-order valence-corrected chi connectivity index (χ4v) is 3.84. The van der Waals surface area contributed by atoms with Crippen LogP contribution in [-0.2, 0) is 5.41 Å². The van der Waals surface area contributed by atoms with Crippen molar-refractivity contribution >= 4 is 22.1 Å². The Morgan fingerprint density at radius 2 is 1.91 bits per heavy atom. The zero-order valence-electron chi connectivity index (χ0n) is 13.2. The zero-order valence-corrected chi connectivity index (χ0v) is 13.2. The molecule has 0 N–H and O–H groups in total. The zero-order chi connectivity index (χ0) is 15.8. The minimum atomic E-state index is -0.131. The Kier molecular flexibility index (Phi) is 2.20. The van der Waals surface area contributed by atoms with Crippen molar-refractivity contribution in [2.45, 2.75) is 26.2 Å². The van der Waals surface area contributed by atoms with Crippen molar-refractivity contribution in [1.29, 1.82) is 0 Å². The van der Waals surface area contributed by atoms with E-state index >= 15 is 0 Å². The number of nitrogens with zero attached hydrogens (tertiary/aromatic N) is 3. The minimum Gasteiger partial charge on any atom is -0.453 e. The molecule has 0 aliphatic heterocycles. The van der Waals surface area contributed by atoms with Crippen LogP contribution in [0.4, 0.5) is 0 Å². The van der Waals surface area contributed by atoms with E-state index in [4.69, 9.17) is 4.42 Å². The number of hydrogen-bond donors (Lipinski definition) is 0. The molecular weight excluding hydrogens is 286 g/mol. The summed E-state index contributed by atoms with van der Waals surface area (Å²) >= 11 is 0. The van der Waals surface area contributed by atoms with E-state index in [1.54, 1.807) is 6.20 Å². The van der Waals surface area contributed by atoms with Crippen LogP contribution in [-0.4, -0.2) is 15.0 Å². The molecule has 0 amide bonds. The molecule has 0 fully saturated rings. The van der Waals surface area contributed by atoms with Crippen molar-refractivity contribution in [2.75, 3.05) is 0 Å². The van der Waals surface area contributed by atoms with Gasteiger partial charge in [-0.1, -0.05) is 19.9 Å². The van der Waals surface area contributed by atoms with E-state index in [0.29, 0.717) is 0 Å². The van der Waals surface area contributed by atoms with Gasteiger partial charge in [-0.2, -0.15) is 0 Å². The third-order valence-electron chi connectivity index (χ3n) is 4.86. The first-order chi connectivity index (χ1) is 11.1. The molecule has 0 spiro atoms. The second kappa shape index (κ2) is 3.96. The van der Waals surface area contributed by atoms with Gasteiger partial charge in [-0.3, -0.25) is 4.98 Å². The van der Waals surface area contributed by atoms with Gasteiger partial charge in [-0.05, 0) is 36.2 Å². The van der Waals surface area contributed by atoms with Crippen LogP contribution in [0.15, 0.2) is 41.1 Å². The summed E-state index contributed by atoms with van der Waals surface area (Å²) in [5.74, 6) is 0.754. The molecule has 5 rings (SSSR count). The summed E-state index contributed by atoms with van der Waals surface area (Å²) in [4.78, 5) is 13.5. The van der Waals surface area contributed by atoms with E-state index in [9.17, 15) is 0 Å². The molecule has 4 nitrogen and oxygen atoms in total. The Morgan fingerprint density at radius 3 is 2.78 bits per heavy atom. The lowest BCUT2D eigenvalue weighted by Gasteiger charge is -2.21. The number of pyridine rings is 1. The van der Waals surface area contributed by atoms with Gasteiger partial charge in [0.1, 0.15) is 16.9 Å². The van der Waals surface area contributed by atoms with E-state index in [1.165, 1.54) is 16.7 Å². The Bertz CT molecular complexity index is 1110. The van der Waals surface area contributed by atoms with Crippen molar-refractivity contribution in [3.63, 3.8) is 0 Å². The lowest BCUT2D eigenvalue weighted by atomic mass is 9.81. The smallest absolute Gasteiger partial charge is 0.172 e. The predicted molar refractivity (Wildman–Crippen MR) is 89.4 cm³/mol. The molecule has 0 radical (unpaired) electrons. The van der Waals surface area contributed by atoms with Gasteiger partial charge in [0.15, 0.2) is 5.58 Å². The maximum Gasteiger partial charge on any atom is 0.172 e. The second-order valence-electron chi connectivity index (χ2n) is 6.62. The Labute approximate surface area is 133 Å². The lowest BCUT2D eigenvalue weighted by molar-refractivity contribution is 0.655. The van der Waals surface area contributed by atoms with Crippen molar-refractivity contribution in [2.24, 2.45) is 0 Å². The van der Waals surface area contributed by atoms with E-state index < -0.39 is 0 Å². The Balaban J connectivity index is 2.02. The number of rotatable bonds is 0. The minimum absolute atomic E-state index is 0.131. The number of benzene rings is 1. The van der Waals surface area contributed by atoms with Crippen molar-refractivity contribution in [1.82, 2.24) is 15.0 Å². The maximum atomic E-state index is 5.98. The van der Waals surface area contributed by atoms with Crippen molar-refractivity contribution in [3.05, 3.63) is 53.6 Å². The van der Waals surface area contributed by atoms with Crippen LogP contribution >= 0.6 is 0 Å². The number of hydrogen-bond acceptors (Lipinski definition) is 4. The summed E-state index contributed by atoms with van der Waals surface area (Å²) in [7, 11) is 0. The molecule has 112 valence electrons. The molecule has 0 unspecified atom stereocenters. The highest BCUT2D eigenvalue weighted by atomic mass is 16.3. The van der Waals surface area contributed by atoms with Crippen LogP contribution in [0.2, 0.25) is 0 Å². The molecule has 1 aliphatic carbocycles. The fraction of sp³-hybridized carbons (Fsp3) is 0.211. The quantitative estimate of drug-likeness (QED) is 0.483. The molecule has 4 heteroatoms. The average molecular weight is 301 g/mol. The van der Waals surface area contributed by atoms with Crippen LogP contribution in [0.3, 0.4) is 0 Å². The SMILES string of the molecule is Cc1ncc2oc3ccc4c(c3c2n1)C(C)(C)c1cccnc1-4. The third-order valence-corrected chi connectivity index (χ3v) is 4.86. The van der Waals surface area contributed by atoms with E-state index in [2.05, 4.69) is 40.9 Å². The fourth-order valence-electron chi connectivity index (χ4n) is 3.84. The molecule has 0 atom stereocenters. The highest BCUT2D eigenvalue weighted by molar-refractivity contribution is 6.08. The summed E-state index contributed by atoms with van der Waals surface area (Å²) in [6.45, 7) is 6.39. The molecule has 3 aromatic heterocycles. The topological polar surface area (TPSA) is 51.8 Å². The van der Waals surface area contributed by atoms with Gasteiger partial charge >= 0.3 is 0 Å². The van der Waals surface area contributed by atoms with Gasteiger partial charge in [0.2, 0.25) is 0 Å². The Hall–Kier alpha value is -2.75. The largest absolute Gasteiger partial charge is 0.453 e. The van der Waals surface area contributed by atoms with Crippen LogP contribution < -0.4 is 0 Å². The van der Waals surface area contributed by atoms with E-state index in [-0.39, 0.29) is 5.41 Å². The highest BCUT2D eigenvalue weighted by Crippen LogP contribution is 2.51. The van der Waals surface area contributed by atoms with E-state index in [1.807, 2.05) is 25.3 Å². The predicted octanol–water partition coefficient (Wildman–Crippen LogP) is 4.39. The number of aromatic nitrogens is 3. The van der Waals surface area contributed by atoms with Crippen LogP contribution in [0.5, 0.6) is 0 Å². The summed E-state index contributed by atoms with van der Waals surface area (Å²) in [5.41, 5.74) is 7.10. The first-order valence-electron chi connectivity index (χ1n) is 7.72. The molecule has 0 bridgehead atoms. The summed E-state index contributed by atoms with van der Waals surface area (Å²) in [6, 6.07) is 8.30. The van der Waals surface area contributed by atoms with Crippen molar-refractivity contribution < 1.29 is 4.42 Å². The monoisotopic (exact) mass is 301 g/mol. The summed E-state index contributed by atoms with van der Waals surface area (Å²) in [5, 5.41) is 1.09. The maximum absolute atomic E-state index is 5.98. The van der Waals surface area contributed by atoms with Crippen LogP contribution in [0, 0.1) is 6.92 Å². The molecule has 3 heterocycles. The molecule has 0 saturated carbocycles. The second-order valence-corrected chi connectivity index (χ2v) is 6.62. The Morgan fingerprint density at radius 1 is 1.04 bits per heavy atom. The number of fused-ring (bicyclic) bond motifs is 7. The average Bonchev–Trinajstić information content (AvgIpc) is 3.01. The molecule has 23 heavy (non-hydrogen) atoms. The molecule has 4 aromatic rings. The highest BCUT2D eigenvalue weighted by Gasteiger charge is 2.39. The first-order valence-corrected chi connectivity index (χ1v) is 7.72. The van der Waals surface area contributed by atoms with Gasteiger partial charge in [-0.15, -0.1) is 0 Å². The molecular formula is C19H15N3O. The molecule has 0 saturated heterocycles. The van der Waals surface area contributed by atoms with Gasteiger partial charge in [0, 0.05) is 17.2 Å². The van der Waals surface area contributed by atoms with Gasteiger partial charge in [-0.25, -0.2) is 9.97 Å². The lowest BCUT2D eigenvalue weighted by Crippen LogP contribution is -2.15. The van der Waals surface area contributed by atoms with Crippen molar-refractivity contribution in [3.8, 4) is 11.3 Å². The molecule has 1 aromatic carbocycles. The van der Waals surface area contributed by atoms with E-state index in [0.717, 1.165) is 33.6 Å².